The average Bonchev–Trinajstić information content (AvgIpc) is 3.12. The van der Waals surface area contributed by atoms with E-state index in [2.05, 4.69) is 4.98 Å². The van der Waals surface area contributed by atoms with Gasteiger partial charge in [0.15, 0.2) is 17.2 Å². The first kappa shape index (κ1) is 18.2. The number of halogens is 1. The molecule has 3 rings (SSSR count). The number of carboxylic acid groups (broad SMARTS) is 1. The van der Waals surface area contributed by atoms with Gasteiger partial charge in [0.05, 0.1) is 11.6 Å². The Kier molecular flexibility index (Phi) is 5.75. The van der Waals surface area contributed by atoms with Crippen molar-refractivity contribution in [1.82, 2.24) is 4.98 Å². The minimum absolute atomic E-state index is 0.00323. The maximum absolute atomic E-state index is 11.0. The first-order chi connectivity index (χ1) is 12.6. The first-order valence-corrected chi connectivity index (χ1v) is 9.16. The van der Waals surface area contributed by atoms with E-state index in [1.54, 1.807) is 12.1 Å². The summed E-state index contributed by atoms with van der Waals surface area (Å²) in [5.41, 5.74) is 1.70. The van der Waals surface area contributed by atoms with Crippen LogP contribution in [0.25, 0.3) is 10.6 Å². The summed E-state index contributed by atoms with van der Waals surface area (Å²) in [6.45, 7) is 2.67. The van der Waals surface area contributed by atoms with Crippen LogP contribution in [-0.4, -0.2) is 22.7 Å². The number of carboxylic acids is 1. The summed E-state index contributed by atoms with van der Waals surface area (Å²) >= 11 is 7.65. The summed E-state index contributed by atoms with van der Waals surface area (Å²) in [5.74, 6) is -0.111. The van der Waals surface area contributed by atoms with Crippen LogP contribution in [0.4, 0.5) is 0 Å². The van der Waals surface area contributed by atoms with Gasteiger partial charge in [-0.25, -0.2) is 9.78 Å². The Morgan fingerprint density at radius 3 is 2.65 bits per heavy atom. The molecular formula is C19H16ClNO4S. The predicted molar refractivity (Wildman–Crippen MR) is 101 cm³/mol. The highest BCUT2D eigenvalue weighted by molar-refractivity contribution is 7.13. The third-order valence-corrected chi connectivity index (χ3v) is 4.68. The van der Waals surface area contributed by atoms with Gasteiger partial charge in [0, 0.05) is 10.9 Å². The Morgan fingerprint density at radius 1 is 1.23 bits per heavy atom. The fraction of sp³-hybridized carbons (Fsp3) is 0.158. The number of hydrogen-bond donors (Lipinski definition) is 1. The van der Waals surface area contributed by atoms with Crippen molar-refractivity contribution in [3.8, 4) is 22.1 Å². The largest absolute Gasteiger partial charge is 0.490 e. The lowest BCUT2D eigenvalue weighted by Gasteiger charge is -2.15. The fourth-order valence-electron chi connectivity index (χ4n) is 2.33. The van der Waals surface area contributed by atoms with Crippen LogP contribution in [0.15, 0.2) is 47.8 Å². The monoisotopic (exact) mass is 389 g/mol. The molecule has 0 aliphatic rings. The van der Waals surface area contributed by atoms with Gasteiger partial charge in [-0.05, 0) is 24.6 Å². The van der Waals surface area contributed by atoms with Crippen molar-refractivity contribution in [3.05, 3.63) is 64.1 Å². The summed E-state index contributed by atoms with van der Waals surface area (Å²) in [6, 6.07) is 13.2. The molecule has 134 valence electrons. The number of aromatic nitrogens is 1. The summed E-state index contributed by atoms with van der Waals surface area (Å²) in [7, 11) is 0. The van der Waals surface area contributed by atoms with Gasteiger partial charge in [-0.15, -0.1) is 11.3 Å². The molecule has 0 saturated heterocycles. The van der Waals surface area contributed by atoms with Crippen molar-refractivity contribution in [1.29, 1.82) is 0 Å². The van der Waals surface area contributed by atoms with E-state index in [-0.39, 0.29) is 5.69 Å². The Bertz CT molecular complexity index is 911. The second-order valence-corrected chi connectivity index (χ2v) is 6.60. The highest BCUT2D eigenvalue weighted by Gasteiger charge is 2.17. The minimum atomic E-state index is -1.06. The summed E-state index contributed by atoms with van der Waals surface area (Å²) < 4.78 is 11.5. The molecule has 0 atom stereocenters. The van der Waals surface area contributed by atoms with Crippen molar-refractivity contribution < 1.29 is 19.4 Å². The molecule has 0 saturated carbocycles. The van der Waals surface area contributed by atoms with Gasteiger partial charge < -0.3 is 14.6 Å². The molecule has 0 spiro atoms. The van der Waals surface area contributed by atoms with E-state index in [0.717, 1.165) is 5.56 Å². The molecule has 0 aliphatic heterocycles. The lowest BCUT2D eigenvalue weighted by atomic mass is 10.2. The van der Waals surface area contributed by atoms with Crippen LogP contribution >= 0.6 is 22.9 Å². The SMILES string of the molecule is CCOc1cc(-c2nc(C(=O)O)cs2)cc(Cl)c1OCc1ccccc1. The van der Waals surface area contributed by atoms with Gasteiger partial charge in [0.25, 0.3) is 0 Å². The average molecular weight is 390 g/mol. The van der Waals surface area contributed by atoms with Crippen molar-refractivity contribution in [2.45, 2.75) is 13.5 Å². The highest BCUT2D eigenvalue weighted by Crippen LogP contribution is 2.40. The first-order valence-electron chi connectivity index (χ1n) is 7.90. The number of benzene rings is 2. The zero-order valence-corrected chi connectivity index (χ0v) is 15.5. The maximum Gasteiger partial charge on any atom is 0.355 e. The molecule has 1 N–H and O–H groups in total. The molecule has 0 unspecified atom stereocenters. The standard InChI is InChI=1S/C19H16ClNO4S/c1-2-24-16-9-13(18-21-15(11-26-18)19(22)23)8-14(20)17(16)25-10-12-6-4-3-5-7-12/h3-9,11H,2,10H2,1H3,(H,22,23). The van der Waals surface area contributed by atoms with Gasteiger partial charge in [0.1, 0.15) is 11.6 Å². The van der Waals surface area contributed by atoms with Gasteiger partial charge in [-0.1, -0.05) is 41.9 Å². The molecule has 7 heteroatoms. The van der Waals surface area contributed by atoms with E-state index in [0.29, 0.717) is 40.3 Å². The van der Waals surface area contributed by atoms with E-state index in [9.17, 15) is 4.79 Å². The number of nitrogens with zero attached hydrogens (tertiary/aromatic N) is 1. The molecule has 5 nitrogen and oxygen atoms in total. The van der Waals surface area contributed by atoms with E-state index < -0.39 is 5.97 Å². The minimum Gasteiger partial charge on any atom is -0.490 e. The smallest absolute Gasteiger partial charge is 0.355 e. The van der Waals surface area contributed by atoms with Crippen LogP contribution < -0.4 is 9.47 Å². The number of thiazole rings is 1. The molecule has 0 amide bonds. The third-order valence-electron chi connectivity index (χ3n) is 3.51. The highest BCUT2D eigenvalue weighted by atomic mass is 35.5. The zero-order chi connectivity index (χ0) is 18.5. The lowest BCUT2D eigenvalue weighted by Crippen LogP contribution is -2.01. The number of hydrogen-bond acceptors (Lipinski definition) is 5. The Morgan fingerprint density at radius 2 is 2.00 bits per heavy atom. The molecule has 0 aliphatic carbocycles. The Balaban J connectivity index is 1.91. The molecule has 0 bridgehead atoms. The van der Waals surface area contributed by atoms with E-state index in [1.807, 2.05) is 37.3 Å². The van der Waals surface area contributed by atoms with Crippen LogP contribution in [0.2, 0.25) is 5.02 Å². The quantitative estimate of drug-likeness (QED) is 0.606. The van der Waals surface area contributed by atoms with Crippen molar-refractivity contribution in [2.24, 2.45) is 0 Å². The topological polar surface area (TPSA) is 68.7 Å². The molecule has 3 aromatic rings. The van der Waals surface area contributed by atoms with E-state index in [1.165, 1.54) is 16.7 Å². The molecule has 0 radical (unpaired) electrons. The number of ether oxygens (including phenoxy) is 2. The van der Waals surface area contributed by atoms with E-state index in [4.69, 9.17) is 26.2 Å². The number of carbonyl (C=O) groups is 1. The number of rotatable bonds is 7. The van der Waals surface area contributed by atoms with Gasteiger partial charge in [-0.3, -0.25) is 0 Å². The van der Waals surface area contributed by atoms with Crippen LogP contribution in [0.5, 0.6) is 11.5 Å². The molecule has 0 fully saturated rings. The second kappa shape index (κ2) is 8.21. The lowest BCUT2D eigenvalue weighted by molar-refractivity contribution is 0.0691. The molecule has 1 heterocycles. The Labute approximate surface area is 159 Å². The van der Waals surface area contributed by atoms with Gasteiger partial charge in [0.2, 0.25) is 0 Å². The van der Waals surface area contributed by atoms with Crippen LogP contribution in [-0.2, 0) is 6.61 Å². The fourth-order valence-corrected chi connectivity index (χ4v) is 3.38. The van der Waals surface area contributed by atoms with E-state index >= 15 is 0 Å². The predicted octanol–water partition coefficient (Wildman–Crippen LogP) is 5.14. The maximum atomic E-state index is 11.0. The summed E-state index contributed by atoms with van der Waals surface area (Å²) in [4.78, 5) is 15.1. The molecule has 26 heavy (non-hydrogen) atoms. The van der Waals surface area contributed by atoms with Crippen LogP contribution in [0, 0.1) is 0 Å². The van der Waals surface area contributed by atoms with Crippen molar-refractivity contribution in [3.63, 3.8) is 0 Å². The second-order valence-electron chi connectivity index (χ2n) is 5.34. The third kappa shape index (κ3) is 4.15. The molecule has 2 aromatic carbocycles. The molecule has 1 aromatic heterocycles. The van der Waals surface area contributed by atoms with Crippen molar-refractivity contribution >= 4 is 28.9 Å². The zero-order valence-electron chi connectivity index (χ0n) is 13.9. The summed E-state index contributed by atoms with van der Waals surface area (Å²) in [5, 5.41) is 11.5. The van der Waals surface area contributed by atoms with Crippen LogP contribution in [0.1, 0.15) is 23.0 Å². The number of aromatic carboxylic acids is 1. The summed E-state index contributed by atoms with van der Waals surface area (Å²) in [6.07, 6.45) is 0. The molecular weight excluding hydrogens is 374 g/mol. The van der Waals surface area contributed by atoms with Gasteiger partial charge in [-0.2, -0.15) is 0 Å². The van der Waals surface area contributed by atoms with Crippen LogP contribution in [0.3, 0.4) is 0 Å². The Hall–Kier alpha value is -2.57. The normalized spacial score (nSPS) is 10.5. The van der Waals surface area contributed by atoms with Gasteiger partial charge >= 0.3 is 5.97 Å². The van der Waals surface area contributed by atoms with Crippen molar-refractivity contribution in [2.75, 3.05) is 6.61 Å².